The molecule has 5 N–H and O–H groups in total. The van der Waals surface area contributed by atoms with Gasteiger partial charge in [-0.15, -0.1) is 0 Å². The minimum atomic E-state index is -1.54. The Labute approximate surface area is 346 Å². The number of fused-ring (bicyclic) bond motifs is 1. The number of aliphatic hydroxyl groups excluding tert-OH is 1. The van der Waals surface area contributed by atoms with Crippen LogP contribution in [0.2, 0.25) is 0 Å². The molecule has 1 aliphatic heterocycles. The van der Waals surface area contributed by atoms with Crippen LogP contribution in [0.5, 0.6) is 17.2 Å². The number of carbonyl (C=O) groups is 2. The second kappa shape index (κ2) is 17.7. The molecule has 1 fully saturated rings. The standard InChI is InChI=1S/C47H46N2O11/c1-27-35(57-45-39(51)41(59-46(48)54)42(55-4)47(2,3)60-45)23-22-32-38(50)37(44(53)58-40(27)32)49-43(52)34-25-33(30-18-12-7-13-19-30)31(21-20-28-14-8-5-9-15-28)24-36(34)56-26-29-16-10-6-11-17-29/h5-19,22-25,39,41-42,45,50-51H,20-21,26H2,1-4H3,(H2,48,54)(H,49,52)/t39-,41+,42-,45-/m1/s1. The molecule has 0 unspecified atom stereocenters. The number of aromatic hydroxyl groups is 1. The summed E-state index contributed by atoms with van der Waals surface area (Å²) in [6.45, 7) is 5.09. The van der Waals surface area contributed by atoms with E-state index in [0.29, 0.717) is 6.42 Å². The van der Waals surface area contributed by atoms with E-state index in [1.165, 1.54) is 19.2 Å². The number of hydrogen-bond donors (Lipinski definition) is 4. The number of ether oxygens (including phenoxy) is 5. The van der Waals surface area contributed by atoms with Crippen molar-refractivity contribution >= 4 is 28.7 Å². The molecule has 6 aromatic rings. The highest BCUT2D eigenvalue weighted by molar-refractivity contribution is 6.09. The summed E-state index contributed by atoms with van der Waals surface area (Å²) in [5.74, 6) is -0.836. The highest BCUT2D eigenvalue weighted by atomic mass is 16.7. The van der Waals surface area contributed by atoms with Gasteiger partial charge in [0.2, 0.25) is 6.29 Å². The first-order valence-corrected chi connectivity index (χ1v) is 19.4. The molecular weight excluding hydrogens is 769 g/mol. The molecule has 1 aliphatic rings. The van der Waals surface area contributed by atoms with Gasteiger partial charge in [0.1, 0.15) is 29.8 Å². The summed E-state index contributed by atoms with van der Waals surface area (Å²) >= 11 is 0. The average Bonchev–Trinajstić information content (AvgIpc) is 3.24. The number of aryl methyl sites for hydroxylation is 3. The third-order valence-electron chi connectivity index (χ3n) is 10.6. The van der Waals surface area contributed by atoms with E-state index < -0.39 is 59.3 Å². The van der Waals surface area contributed by atoms with E-state index in [1.54, 1.807) is 26.8 Å². The lowest BCUT2D eigenvalue weighted by Crippen LogP contribution is -2.65. The molecule has 1 aromatic heterocycles. The predicted molar refractivity (Wildman–Crippen MR) is 224 cm³/mol. The molecule has 60 heavy (non-hydrogen) atoms. The number of anilines is 1. The van der Waals surface area contributed by atoms with E-state index in [4.69, 9.17) is 33.8 Å². The molecule has 7 rings (SSSR count). The lowest BCUT2D eigenvalue weighted by atomic mass is 9.89. The molecule has 0 spiro atoms. The maximum atomic E-state index is 14.3. The van der Waals surface area contributed by atoms with Crippen molar-refractivity contribution in [3.8, 4) is 28.4 Å². The largest absolute Gasteiger partial charge is 0.505 e. The second-order valence-electron chi connectivity index (χ2n) is 15.0. The fraction of sp³-hybridized carbons (Fsp3) is 0.255. The number of amides is 2. The Bertz CT molecular complexity index is 2540. The zero-order valence-corrected chi connectivity index (χ0v) is 33.5. The van der Waals surface area contributed by atoms with E-state index in [9.17, 15) is 24.6 Å². The van der Waals surface area contributed by atoms with E-state index in [-0.39, 0.29) is 40.2 Å². The molecule has 5 aromatic carbocycles. The smallest absolute Gasteiger partial charge is 0.404 e. The van der Waals surface area contributed by atoms with Crippen molar-refractivity contribution in [2.75, 3.05) is 12.4 Å². The minimum Gasteiger partial charge on any atom is -0.505 e. The lowest BCUT2D eigenvalue weighted by molar-refractivity contribution is -0.304. The number of carbonyl (C=O) groups excluding carboxylic acids is 2. The average molecular weight is 815 g/mol. The highest BCUT2D eigenvalue weighted by Crippen LogP contribution is 2.39. The Morgan fingerprint density at radius 2 is 1.52 bits per heavy atom. The number of aliphatic hydroxyl groups is 1. The van der Waals surface area contributed by atoms with E-state index >= 15 is 0 Å². The summed E-state index contributed by atoms with van der Waals surface area (Å²) in [5, 5.41) is 25.4. The first-order chi connectivity index (χ1) is 28.8. The molecule has 2 heterocycles. The summed E-state index contributed by atoms with van der Waals surface area (Å²) in [4.78, 5) is 39.7. The molecule has 0 radical (unpaired) electrons. The van der Waals surface area contributed by atoms with Gasteiger partial charge < -0.3 is 49.4 Å². The van der Waals surface area contributed by atoms with E-state index in [1.807, 2.05) is 84.9 Å². The maximum absolute atomic E-state index is 14.3. The lowest BCUT2D eigenvalue weighted by Gasteiger charge is -2.47. The number of methoxy groups -OCH3 is 1. The van der Waals surface area contributed by atoms with Crippen molar-refractivity contribution in [2.45, 2.75) is 70.4 Å². The Kier molecular flexibility index (Phi) is 12.2. The molecule has 1 saturated heterocycles. The first kappa shape index (κ1) is 41.5. The van der Waals surface area contributed by atoms with Crippen LogP contribution in [0.25, 0.3) is 22.1 Å². The van der Waals surface area contributed by atoms with Gasteiger partial charge in [-0.1, -0.05) is 91.0 Å². The number of rotatable bonds is 13. The fourth-order valence-electron chi connectivity index (χ4n) is 7.52. The molecule has 13 nitrogen and oxygen atoms in total. The van der Waals surface area contributed by atoms with Crippen LogP contribution in [0, 0.1) is 6.92 Å². The number of benzene rings is 5. The van der Waals surface area contributed by atoms with E-state index in [0.717, 1.165) is 34.2 Å². The molecule has 0 saturated carbocycles. The van der Waals surface area contributed by atoms with Crippen molar-refractivity contribution in [3.63, 3.8) is 0 Å². The Hall–Kier alpha value is -6.67. The minimum absolute atomic E-state index is 0.0433. The van der Waals surface area contributed by atoms with E-state index in [2.05, 4.69) is 17.4 Å². The monoisotopic (exact) mass is 814 g/mol. The Morgan fingerprint density at radius 1 is 0.867 bits per heavy atom. The van der Waals surface area contributed by atoms with Crippen molar-refractivity contribution in [3.05, 3.63) is 153 Å². The molecule has 0 bridgehead atoms. The van der Waals surface area contributed by atoms with Crippen LogP contribution in [-0.4, -0.2) is 59.5 Å². The van der Waals surface area contributed by atoms with Crippen LogP contribution in [0.1, 0.15) is 46.5 Å². The topological polar surface area (TPSA) is 189 Å². The quantitative estimate of drug-likeness (QED) is 0.0848. The molecule has 4 atom stereocenters. The maximum Gasteiger partial charge on any atom is 0.404 e. The highest BCUT2D eigenvalue weighted by Gasteiger charge is 2.53. The number of primary amides is 1. The third-order valence-corrected chi connectivity index (χ3v) is 10.6. The van der Waals surface area contributed by atoms with Gasteiger partial charge in [-0.25, -0.2) is 9.59 Å². The first-order valence-electron chi connectivity index (χ1n) is 19.4. The van der Waals surface area contributed by atoms with Crippen LogP contribution in [0.3, 0.4) is 0 Å². The number of hydrogen-bond acceptors (Lipinski definition) is 11. The van der Waals surface area contributed by atoms with Crippen LogP contribution >= 0.6 is 0 Å². The van der Waals surface area contributed by atoms with Gasteiger partial charge in [0, 0.05) is 12.7 Å². The van der Waals surface area contributed by atoms with Gasteiger partial charge in [-0.2, -0.15) is 0 Å². The molecule has 13 heteroatoms. The van der Waals surface area contributed by atoms with Crippen LogP contribution in [0.15, 0.2) is 124 Å². The zero-order chi connectivity index (χ0) is 42.6. The van der Waals surface area contributed by atoms with Gasteiger partial charge in [-0.3, -0.25) is 4.79 Å². The third kappa shape index (κ3) is 8.83. The predicted octanol–water partition coefficient (Wildman–Crippen LogP) is 7.44. The van der Waals surface area contributed by atoms with Crippen molar-refractivity contribution in [2.24, 2.45) is 5.73 Å². The summed E-state index contributed by atoms with van der Waals surface area (Å²) in [7, 11) is 1.38. The van der Waals surface area contributed by atoms with Crippen LogP contribution < -0.4 is 26.1 Å². The second-order valence-corrected chi connectivity index (χ2v) is 15.0. The Balaban J connectivity index is 1.22. The molecule has 0 aliphatic carbocycles. The van der Waals surface area contributed by atoms with Gasteiger partial charge in [0.25, 0.3) is 5.91 Å². The number of nitrogens with two attached hydrogens (primary N) is 1. The van der Waals surface area contributed by atoms with Crippen molar-refractivity contribution in [1.82, 2.24) is 0 Å². The van der Waals surface area contributed by atoms with Gasteiger partial charge in [0.15, 0.2) is 23.6 Å². The summed E-state index contributed by atoms with van der Waals surface area (Å²) < 4.78 is 34.8. The van der Waals surface area contributed by atoms with Gasteiger partial charge in [0.05, 0.1) is 16.6 Å². The molecular formula is C47H46N2O11. The SMILES string of the molecule is CO[C@@H]1[C@@H](OC(N)=O)[C@@H](O)[C@H](Oc2ccc3c(O)c(NC(=O)c4cc(-c5ccccc5)c(CCc5ccccc5)cc4OCc4ccccc4)c(=O)oc3c2C)OC1(C)C. The Morgan fingerprint density at radius 3 is 2.17 bits per heavy atom. The van der Waals surface area contributed by atoms with Crippen LogP contribution in [-0.2, 0) is 33.7 Å². The van der Waals surface area contributed by atoms with Crippen molar-refractivity contribution in [1.29, 1.82) is 0 Å². The fourth-order valence-corrected chi connectivity index (χ4v) is 7.52. The van der Waals surface area contributed by atoms with Gasteiger partial charge >= 0.3 is 11.7 Å². The molecule has 310 valence electrons. The zero-order valence-electron chi connectivity index (χ0n) is 33.5. The summed E-state index contributed by atoms with van der Waals surface area (Å²) in [6.07, 6.45) is -4.78. The molecule has 2 amide bonds. The van der Waals surface area contributed by atoms with Gasteiger partial charge in [-0.05, 0) is 85.7 Å². The normalized spacial score (nSPS) is 18.4. The van der Waals surface area contributed by atoms with Crippen molar-refractivity contribution < 1.29 is 47.9 Å². The summed E-state index contributed by atoms with van der Waals surface area (Å²) in [6, 6.07) is 35.8. The summed E-state index contributed by atoms with van der Waals surface area (Å²) in [5.41, 5.74) is 7.71. The van der Waals surface area contributed by atoms with Crippen LogP contribution in [0.4, 0.5) is 10.5 Å². The number of nitrogens with one attached hydrogen (secondary N) is 1.